The van der Waals surface area contributed by atoms with Gasteiger partial charge in [0.2, 0.25) is 0 Å². The van der Waals surface area contributed by atoms with E-state index in [2.05, 4.69) is 0 Å². The van der Waals surface area contributed by atoms with Crippen LogP contribution in [0.1, 0.15) is 35.2 Å². The quantitative estimate of drug-likeness (QED) is 0.561. The van der Waals surface area contributed by atoms with E-state index in [1.54, 1.807) is 30.3 Å². The predicted molar refractivity (Wildman–Crippen MR) is 112 cm³/mol. The summed E-state index contributed by atoms with van der Waals surface area (Å²) < 4.78 is 11.2. The average Bonchev–Trinajstić information content (AvgIpc) is 3.27. The fourth-order valence-electron chi connectivity index (χ4n) is 4.38. The van der Waals surface area contributed by atoms with Gasteiger partial charge in [-0.05, 0) is 30.5 Å². The van der Waals surface area contributed by atoms with Crippen molar-refractivity contribution in [2.24, 2.45) is 11.8 Å². The molecule has 5 nitrogen and oxygen atoms in total. The lowest BCUT2D eigenvalue weighted by Gasteiger charge is -2.20. The van der Waals surface area contributed by atoms with Gasteiger partial charge in [-0.15, -0.1) is 0 Å². The molecule has 0 radical (unpaired) electrons. The molecule has 1 aliphatic heterocycles. The standard InChI is InChI=1S/C25H26O5/c26-19(12-11-17-7-3-1-4-8-17)13-14-20-21-15-24(27)29-23(21)16-22(20)30-25(28)18-9-5-2-6-10-18/h1-10,13-14,19-23,26H,11-12,15-16H2/b14-13+/t19-,20-,21-,22-,23+/m1/s1. The molecule has 0 bridgehead atoms. The fraction of sp³-hybridized carbons (Fsp3) is 0.360. The third-order valence-electron chi connectivity index (χ3n) is 5.95. The Labute approximate surface area is 176 Å². The van der Waals surface area contributed by atoms with Crippen LogP contribution >= 0.6 is 0 Å². The molecule has 0 aromatic heterocycles. The molecule has 2 aliphatic rings. The van der Waals surface area contributed by atoms with Crippen molar-refractivity contribution in [1.29, 1.82) is 0 Å². The maximum absolute atomic E-state index is 12.5. The highest BCUT2D eigenvalue weighted by Gasteiger charge is 2.50. The number of fused-ring (bicyclic) bond motifs is 1. The van der Waals surface area contributed by atoms with Gasteiger partial charge in [-0.1, -0.05) is 60.7 Å². The Morgan fingerprint density at radius 3 is 2.57 bits per heavy atom. The van der Waals surface area contributed by atoms with Gasteiger partial charge in [-0.3, -0.25) is 4.79 Å². The first-order valence-corrected chi connectivity index (χ1v) is 10.5. The lowest BCUT2D eigenvalue weighted by molar-refractivity contribution is -0.141. The second kappa shape index (κ2) is 9.26. The zero-order valence-corrected chi connectivity index (χ0v) is 16.7. The van der Waals surface area contributed by atoms with E-state index in [0.717, 1.165) is 6.42 Å². The molecule has 2 fully saturated rings. The average molecular weight is 406 g/mol. The Morgan fingerprint density at radius 1 is 1.13 bits per heavy atom. The van der Waals surface area contributed by atoms with Crippen LogP contribution in [0, 0.1) is 11.8 Å². The number of carbonyl (C=O) groups is 2. The molecule has 1 N–H and O–H groups in total. The Balaban J connectivity index is 1.41. The summed E-state index contributed by atoms with van der Waals surface area (Å²) in [6.07, 6.45) is 4.65. The van der Waals surface area contributed by atoms with Crippen molar-refractivity contribution in [2.45, 2.75) is 44.0 Å². The van der Waals surface area contributed by atoms with Crippen LogP contribution in [0.15, 0.2) is 72.8 Å². The molecule has 1 saturated carbocycles. The molecule has 1 saturated heterocycles. The maximum Gasteiger partial charge on any atom is 0.338 e. The summed E-state index contributed by atoms with van der Waals surface area (Å²) in [6.45, 7) is 0. The first-order chi connectivity index (χ1) is 14.6. The van der Waals surface area contributed by atoms with E-state index < -0.39 is 6.10 Å². The number of aliphatic hydroxyl groups excluding tert-OH is 1. The molecule has 1 aliphatic carbocycles. The van der Waals surface area contributed by atoms with Crippen LogP contribution in [-0.4, -0.2) is 35.4 Å². The van der Waals surface area contributed by atoms with E-state index in [-0.39, 0.29) is 36.0 Å². The molecule has 5 heteroatoms. The van der Waals surface area contributed by atoms with E-state index in [0.29, 0.717) is 24.8 Å². The number of aryl methyl sites for hydroxylation is 1. The molecule has 5 atom stereocenters. The lowest BCUT2D eigenvalue weighted by atomic mass is 9.91. The van der Waals surface area contributed by atoms with Gasteiger partial charge in [0.15, 0.2) is 0 Å². The molecule has 4 rings (SSSR count). The van der Waals surface area contributed by atoms with Crippen molar-refractivity contribution in [3.05, 3.63) is 83.9 Å². The van der Waals surface area contributed by atoms with Gasteiger partial charge in [0.1, 0.15) is 12.2 Å². The summed E-state index contributed by atoms with van der Waals surface area (Å²) in [5.41, 5.74) is 1.67. The molecule has 2 aromatic carbocycles. The van der Waals surface area contributed by atoms with E-state index in [9.17, 15) is 14.7 Å². The second-order valence-electron chi connectivity index (χ2n) is 8.00. The van der Waals surface area contributed by atoms with Crippen LogP contribution in [0.25, 0.3) is 0 Å². The van der Waals surface area contributed by atoms with E-state index in [1.807, 2.05) is 42.5 Å². The summed E-state index contributed by atoms with van der Waals surface area (Å²) in [7, 11) is 0. The number of rotatable bonds is 7. The van der Waals surface area contributed by atoms with Crippen molar-refractivity contribution < 1.29 is 24.2 Å². The molecule has 0 amide bonds. The van der Waals surface area contributed by atoms with Crippen LogP contribution in [0.3, 0.4) is 0 Å². The summed E-state index contributed by atoms with van der Waals surface area (Å²) >= 11 is 0. The van der Waals surface area contributed by atoms with Crippen LogP contribution in [0.4, 0.5) is 0 Å². The minimum Gasteiger partial charge on any atom is -0.462 e. The summed E-state index contributed by atoms with van der Waals surface area (Å²) in [6, 6.07) is 18.9. The molecule has 0 spiro atoms. The van der Waals surface area contributed by atoms with Gasteiger partial charge < -0.3 is 14.6 Å². The number of aliphatic hydroxyl groups is 1. The Kier molecular flexibility index (Phi) is 6.29. The van der Waals surface area contributed by atoms with Gasteiger partial charge >= 0.3 is 11.9 Å². The normalized spacial score (nSPS) is 26.4. The minimum atomic E-state index is -0.604. The molecule has 2 aromatic rings. The number of ether oxygens (including phenoxy) is 2. The molecule has 0 unspecified atom stereocenters. The van der Waals surface area contributed by atoms with Crippen molar-refractivity contribution in [3.8, 4) is 0 Å². The van der Waals surface area contributed by atoms with Crippen LogP contribution in [-0.2, 0) is 20.7 Å². The smallest absolute Gasteiger partial charge is 0.338 e. The van der Waals surface area contributed by atoms with E-state index in [1.165, 1.54) is 5.56 Å². The molecule has 156 valence electrons. The number of hydrogen-bond donors (Lipinski definition) is 1. The summed E-state index contributed by atoms with van der Waals surface area (Å²) in [4.78, 5) is 24.3. The van der Waals surface area contributed by atoms with Gasteiger partial charge in [0.25, 0.3) is 0 Å². The summed E-state index contributed by atoms with van der Waals surface area (Å²) in [5.74, 6) is -0.764. The number of hydrogen-bond acceptors (Lipinski definition) is 5. The zero-order valence-electron chi connectivity index (χ0n) is 16.7. The van der Waals surface area contributed by atoms with Gasteiger partial charge in [0.05, 0.1) is 18.1 Å². The predicted octanol–water partition coefficient (Wildman–Crippen LogP) is 3.71. The minimum absolute atomic E-state index is 0.0244. The molecule has 1 heterocycles. The molecule has 30 heavy (non-hydrogen) atoms. The highest BCUT2D eigenvalue weighted by atomic mass is 16.6. The first-order valence-electron chi connectivity index (χ1n) is 10.5. The lowest BCUT2D eigenvalue weighted by Crippen LogP contribution is -2.25. The Bertz CT molecular complexity index is 892. The van der Waals surface area contributed by atoms with Gasteiger partial charge in [-0.25, -0.2) is 4.79 Å². The maximum atomic E-state index is 12.5. The van der Waals surface area contributed by atoms with Crippen molar-refractivity contribution in [2.75, 3.05) is 0 Å². The van der Waals surface area contributed by atoms with Crippen molar-refractivity contribution in [3.63, 3.8) is 0 Å². The van der Waals surface area contributed by atoms with Crippen LogP contribution in [0.2, 0.25) is 0 Å². The van der Waals surface area contributed by atoms with Crippen molar-refractivity contribution >= 4 is 11.9 Å². The second-order valence-corrected chi connectivity index (χ2v) is 8.00. The van der Waals surface area contributed by atoms with E-state index in [4.69, 9.17) is 9.47 Å². The highest BCUT2D eigenvalue weighted by molar-refractivity contribution is 5.89. The zero-order chi connectivity index (χ0) is 20.9. The number of benzene rings is 2. The van der Waals surface area contributed by atoms with Crippen LogP contribution in [0.5, 0.6) is 0 Å². The topological polar surface area (TPSA) is 72.8 Å². The number of esters is 2. The fourth-order valence-corrected chi connectivity index (χ4v) is 4.38. The van der Waals surface area contributed by atoms with E-state index >= 15 is 0 Å². The van der Waals surface area contributed by atoms with Gasteiger partial charge in [-0.2, -0.15) is 0 Å². The third-order valence-corrected chi connectivity index (χ3v) is 5.95. The Morgan fingerprint density at radius 2 is 1.83 bits per heavy atom. The van der Waals surface area contributed by atoms with Crippen molar-refractivity contribution in [1.82, 2.24) is 0 Å². The summed E-state index contributed by atoms with van der Waals surface area (Å²) in [5, 5.41) is 10.4. The third kappa shape index (κ3) is 4.79. The largest absolute Gasteiger partial charge is 0.462 e. The molecular formula is C25H26O5. The monoisotopic (exact) mass is 406 g/mol. The number of carbonyl (C=O) groups excluding carboxylic acids is 2. The highest BCUT2D eigenvalue weighted by Crippen LogP contribution is 2.43. The SMILES string of the molecule is O=C1C[C@@H]2[C@@H](/C=C/[C@H](O)CCc3ccccc3)[C@H](OC(=O)c3ccccc3)C[C@@H]2O1. The Hall–Kier alpha value is -2.92. The van der Waals surface area contributed by atoms with Crippen LogP contribution < -0.4 is 0 Å². The first kappa shape index (κ1) is 20.4. The molecular weight excluding hydrogens is 380 g/mol. The van der Waals surface area contributed by atoms with Gasteiger partial charge in [0, 0.05) is 18.3 Å².